The minimum absolute atomic E-state index is 0.182. The van der Waals surface area contributed by atoms with Crippen molar-refractivity contribution in [3.63, 3.8) is 0 Å². The molecule has 6 heterocycles. The molecule has 0 spiro atoms. The number of piperazine rings is 1. The van der Waals surface area contributed by atoms with E-state index in [-0.39, 0.29) is 5.91 Å². The SMILES string of the molecule is CC1=C(I)C(C)=[N+]2C1=C(c1ccc(C(=O)NCCCCOc3ccc(-c4nc5ccc(-c6nc7ccc(N8CCN(C)CC8)cc7[nH]6)cc5[nH]4)cc3)cc1)c1c(C)c(I)c(C)n1[B-]2(F)F. The highest BCUT2D eigenvalue weighted by Crippen LogP contribution is 2.47. The molecule has 1 saturated heterocycles. The molecular formula is C49H48BF2I2N9O2. The van der Waals surface area contributed by atoms with E-state index in [9.17, 15) is 4.79 Å². The number of nitrogens with one attached hydrogen (secondary N) is 3. The molecule has 65 heavy (non-hydrogen) atoms. The van der Waals surface area contributed by atoms with Crippen molar-refractivity contribution in [2.75, 3.05) is 51.3 Å². The molecule has 0 radical (unpaired) electrons. The molecule has 1 fully saturated rings. The Morgan fingerprint density at radius 1 is 0.815 bits per heavy atom. The number of halogens is 4. The van der Waals surface area contributed by atoms with Gasteiger partial charge in [0.05, 0.1) is 37.8 Å². The lowest BCUT2D eigenvalue weighted by atomic mass is 9.83. The molecule has 0 atom stereocenters. The first-order valence-corrected chi connectivity index (χ1v) is 24.1. The third kappa shape index (κ3) is 7.77. The third-order valence-corrected chi connectivity index (χ3v) is 16.3. The van der Waals surface area contributed by atoms with Crippen molar-refractivity contribution in [3.05, 3.63) is 131 Å². The van der Waals surface area contributed by atoms with Gasteiger partial charge in [-0.05, 0) is 175 Å². The van der Waals surface area contributed by atoms with Gasteiger partial charge in [-0.15, -0.1) is 0 Å². The van der Waals surface area contributed by atoms with Crippen LogP contribution in [0.25, 0.3) is 50.4 Å². The van der Waals surface area contributed by atoms with Crippen LogP contribution in [0.15, 0.2) is 99.8 Å². The number of H-pyrrole nitrogens is 2. The number of hydrogen-bond acceptors (Lipinski definition) is 6. The van der Waals surface area contributed by atoms with Crippen molar-refractivity contribution in [2.45, 2.75) is 40.5 Å². The lowest BCUT2D eigenvalue weighted by molar-refractivity contribution is -0.363. The average Bonchev–Trinajstić information content (AvgIpc) is 4.05. The Kier molecular flexibility index (Phi) is 11.5. The van der Waals surface area contributed by atoms with Crippen LogP contribution in [0.5, 0.6) is 5.75 Å². The van der Waals surface area contributed by atoms with Crippen LogP contribution in [0.1, 0.15) is 59.6 Å². The number of fused-ring (bicyclic) bond motifs is 4. The van der Waals surface area contributed by atoms with Crippen molar-refractivity contribution in [1.82, 2.24) is 34.6 Å². The van der Waals surface area contributed by atoms with Gasteiger partial charge in [-0.25, -0.2) is 9.97 Å². The van der Waals surface area contributed by atoms with Gasteiger partial charge in [-0.1, -0.05) is 12.1 Å². The zero-order chi connectivity index (χ0) is 45.3. The van der Waals surface area contributed by atoms with E-state index in [0.717, 1.165) is 119 Å². The van der Waals surface area contributed by atoms with Crippen LogP contribution in [0.3, 0.4) is 0 Å². The topological polar surface area (TPSA) is 110 Å². The highest BCUT2D eigenvalue weighted by molar-refractivity contribution is 14.1. The van der Waals surface area contributed by atoms with Gasteiger partial charge in [-0.2, -0.15) is 0 Å². The summed E-state index contributed by atoms with van der Waals surface area (Å²) < 4.78 is 42.9. The minimum Gasteiger partial charge on any atom is -0.494 e. The van der Waals surface area contributed by atoms with E-state index >= 15 is 8.63 Å². The van der Waals surface area contributed by atoms with Crippen molar-refractivity contribution >= 4 is 97.1 Å². The standard InChI is InChI=1S/C49H48BF2I2N9O2/c1-28-43(53)30(3)62-45(28)42(46-29(2)44(54)31(4)63(46)50(62,51)52)32-8-10-34(11-9-32)49(64)55-20-6-7-25-65-37-16-12-33(13-17-37)47-56-38-18-14-35(26-40(38)58-47)48-57-39-19-15-36(27-41(39)59-48)61-23-21-60(5)22-24-61/h8-19,26-27H,6-7,20-25H2,1-5H3,(H,55,64)(H,56,58)(H,57,59). The highest BCUT2D eigenvalue weighted by Gasteiger charge is 2.56. The molecule has 332 valence electrons. The molecule has 0 aliphatic carbocycles. The van der Waals surface area contributed by atoms with Crippen LogP contribution >= 0.6 is 45.2 Å². The van der Waals surface area contributed by atoms with Gasteiger partial charge < -0.3 is 47.4 Å². The number of rotatable bonds is 11. The molecule has 7 aromatic rings. The molecule has 10 rings (SSSR count). The predicted octanol–water partition coefficient (Wildman–Crippen LogP) is 10.3. The molecule has 1 amide bonds. The number of imidazole rings is 2. The fourth-order valence-electron chi connectivity index (χ4n) is 9.46. The summed E-state index contributed by atoms with van der Waals surface area (Å²) in [6.45, 7) is 8.41. The Bertz CT molecular complexity index is 3140. The zero-order valence-electron chi connectivity index (χ0n) is 36.8. The number of amides is 1. The molecular weight excluding hydrogens is 1050 g/mol. The van der Waals surface area contributed by atoms with Crippen molar-refractivity contribution < 1.29 is 22.6 Å². The smallest absolute Gasteiger partial charge is 0.494 e. The number of ether oxygens (including phenoxy) is 1. The second-order valence-corrected chi connectivity index (χ2v) is 19.4. The van der Waals surface area contributed by atoms with Gasteiger partial charge in [0.2, 0.25) is 0 Å². The highest BCUT2D eigenvalue weighted by atomic mass is 127. The number of likely N-dealkylation sites (N-methyl/N-ethyl adjacent to an activating group) is 1. The molecule has 3 aliphatic rings. The summed E-state index contributed by atoms with van der Waals surface area (Å²) in [7, 11) is 2.17. The number of unbranched alkanes of at least 4 members (excludes halogenated alkanes) is 1. The molecule has 0 unspecified atom stereocenters. The number of nitrogens with zero attached hydrogens (tertiary/aromatic N) is 6. The van der Waals surface area contributed by atoms with Crippen LogP contribution in [-0.4, -0.2) is 98.8 Å². The first kappa shape index (κ1) is 43.6. The molecule has 3 aliphatic heterocycles. The Hall–Kier alpha value is -5.34. The van der Waals surface area contributed by atoms with Crippen LogP contribution < -0.4 is 15.0 Å². The number of carbonyl (C=O) groups is 1. The van der Waals surface area contributed by atoms with E-state index in [2.05, 4.69) is 108 Å². The second kappa shape index (κ2) is 17.1. The number of aromatic amines is 2. The summed E-state index contributed by atoms with van der Waals surface area (Å²) in [5, 5.41) is 3.02. The van der Waals surface area contributed by atoms with Gasteiger partial charge in [0.15, 0.2) is 5.70 Å². The number of hydrogen-bond donors (Lipinski definition) is 3. The molecule has 4 aromatic carbocycles. The van der Waals surface area contributed by atoms with E-state index in [0.29, 0.717) is 41.5 Å². The average molecular weight is 1100 g/mol. The predicted molar refractivity (Wildman–Crippen MR) is 274 cm³/mol. The van der Waals surface area contributed by atoms with E-state index in [1.807, 2.05) is 56.3 Å². The van der Waals surface area contributed by atoms with E-state index in [1.165, 1.54) is 14.7 Å². The number of allylic oxidation sites excluding steroid dienone is 2. The molecule has 0 bridgehead atoms. The molecule has 16 heteroatoms. The first-order valence-electron chi connectivity index (χ1n) is 22.0. The van der Waals surface area contributed by atoms with E-state index in [1.54, 1.807) is 26.0 Å². The Balaban J connectivity index is 0.729. The summed E-state index contributed by atoms with van der Waals surface area (Å²) in [6, 6.07) is 27.8. The maximum absolute atomic E-state index is 16.4. The third-order valence-electron chi connectivity index (χ3n) is 13.1. The molecule has 3 N–H and O–H groups in total. The molecule has 3 aromatic heterocycles. The minimum atomic E-state index is -4.09. The van der Waals surface area contributed by atoms with Crippen molar-refractivity contribution in [1.29, 1.82) is 0 Å². The Morgan fingerprint density at radius 2 is 1.45 bits per heavy atom. The van der Waals surface area contributed by atoms with Gasteiger partial charge in [0.25, 0.3) is 5.91 Å². The normalized spacial score (nSPS) is 16.3. The summed E-state index contributed by atoms with van der Waals surface area (Å²) in [6.07, 6.45) is 1.50. The van der Waals surface area contributed by atoms with Crippen LogP contribution in [0, 0.1) is 17.4 Å². The Morgan fingerprint density at radius 3 is 2.15 bits per heavy atom. The number of aromatic nitrogens is 5. The summed E-state index contributed by atoms with van der Waals surface area (Å²) >= 11 is 4.34. The lowest BCUT2D eigenvalue weighted by Crippen LogP contribution is -2.51. The fourth-order valence-corrected chi connectivity index (χ4v) is 10.5. The fraction of sp³-hybridized carbons (Fsp3) is 0.265. The summed E-state index contributed by atoms with van der Waals surface area (Å²) in [4.78, 5) is 34.8. The summed E-state index contributed by atoms with van der Waals surface area (Å²) in [5.74, 6) is 2.18. The van der Waals surface area contributed by atoms with Gasteiger partial charge in [-0.3, -0.25) is 4.79 Å². The monoisotopic (exact) mass is 1100 g/mol. The van der Waals surface area contributed by atoms with Crippen LogP contribution in [0.2, 0.25) is 0 Å². The Labute approximate surface area is 403 Å². The van der Waals surface area contributed by atoms with Crippen LogP contribution in [0.4, 0.5) is 14.3 Å². The second-order valence-electron chi connectivity index (χ2n) is 17.3. The van der Waals surface area contributed by atoms with Crippen molar-refractivity contribution in [2.24, 2.45) is 0 Å². The zero-order valence-corrected chi connectivity index (χ0v) is 41.1. The van der Waals surface area contributed by atoms with Crippen molar-refractivity contribution in [3.8, 4) is 28.5 Å². The summed E-state index contributed by atoms with van der Waals surface area (Å²) in [5.41, 5.74) is 12.8. The largest absolute Gasteiger partial charge is 0.737 e. The maximum Gasteiger partial charge on any atom is 0.737 e. The quantitative estimate of drug-likeness (QED) is 0.0676. The van der Waals surface area contributed by atoms with Gasteiger partial charge in [0.1, 0.15) is 23.1 Å². The number of anilines is 1. The van der Waals surface area contributed by atoms with E-state index in [4.69, 9.17) is 14.7 Å². The first-order chi connectivity index (χ1) is 31.3. The molecule has 11 nitrogen and oxygen atoms in total. The van der Waals surface area contributed by atoms with E-state index < -0.39 is 6.97 Å². The maximum atomic E-state index is 16.4. The number of carbonyl (C=O) groups excluding carboxylic acids is 1. The number of benzene rings is 4. The molecule has 0 saturated carbocycles. The van der Waals surface area contributed by atoms with Gasteiger partial charge in [0, 0.05) is 76.9 Å². The van der Waals surface area contributed by atoms with Gasteiger partial charge >= 0.3 is 6.97 Å². The lowest BCUT2D eigenvalue weighted by Gasteiger charge is -2.34. The van der Waals surface area contributed by atoms with Crippen LogP contribution in [-0.2, 0) is 0 Å².